The van der Waals surface area contributed by atoms with Crippen molar-refractivity contribution in [3.8, 4) is 0 Å². The van der Waals surface area contributed by atoms with Crippen LogP contribution in [0.3, 0.4) is 0 Å². The largest absolute Gasteiger partial charge is 0.332 e. The fourth-order valence-electron chi connectivity index (χ4n) is 4.45. The zero-order chi connectivity index (χ0) is 18.3. The molecule has 1 aliphatic carbocycles. The van der Waals surface area contributed by atoms with Crippen LogP contribution in [-0.4, -0.2) is 44.8 Å². The number of nitrogens with one attached hydrogen (secondary N) is 1. The monoisotopic (exact) mass is 358 g/mol. The Morgan fingerprint density at radius 2 is 1.96 bits per heavy atom. The molecular formula is C20H30N4O2. The first kappa shape index (κ1) is 17.7. The van der Waals surface area contributed by atoms with Gasteiger partial charge in [-0.25, -0.2) is 4.98 Å². The third kappa shape index (κ3) is 3.20. The number of rotatable bonds is 3. The summed E-state index contributed by atoms with van der Waals surface area (Å²) < 4.78 is 0. The number of hydrogen-bond donors (Lipinski definition) is 1. The van der Waals surface area contributed by atoms with E-state index in [1.807, 2.05) is 4.90 Å². The van der Waals surface area contributed by atoms with Crippen molar-refractivity contribution in [1.29, 1.82) is 0 Å². The van der Waals surface area contributed by atoms with E-state index in [4.69, 9.17) is 4.98 Å². The molecule has 0 radical (unpaired) electrons. The summed E-state index contributed by atoms with van der Waals surface area (Å²) in [6, 6.07) is 0.378. The minimum absolute atomic E-state index is 0.00461. The van der Waals surface area contributed by atoms with Gasteiger partial charge in [0.25, 0.3) is 5.56 Å². The van der Waals surface area contributed by atoms with E-state index in [0.717, 1.165) is 75.8 Å². The average molecular weight is 358 g/mol. The van der Waals surface area contributed by atoms with E-state index in [1.54, 1.807) is 0 Å². The molecule has 1 aromatic heterocycles. The first-order valence-electron chi connectivity index (χ1n) is 10.2. The van der Waals surface area contributed by atoms with Gasteiger partial charge in [0.1, 0.15) is 5.82 Å². The summed E-state index contributed by atoms with van der Waals surface area (Å²) >= 11 is 0. The van der Waals surface area contributed by atoms with Crippen molar-refractivity contribution < 1.29 is 4.79 Å². The zero-order valence-corrected chi connectivity index (χ0v) is 16.0. The topological polar surface area (TPSA) is 69.3 Å². The van der Waals surface area contributed by atoms with Gasteiger partial charge in [-0.05, 0) is 52.4 Å². The van der Waals surface area contributed by atoms with Crippen molar-refractivity contribution in [3.63, 3.8) is 0 Å². The van der Waals surface area contributed by atoms with E-state index >= 15 is 0 Å². The lowest BCUT2D eigenvalue weighted by Crippen LogP contribution is -2.45. The fraction of sp³-hybridized carbons (Fsp3) is 0.750. The molecule has 0 spiro atoms. The smallest absolute Gasteiger partial charge is 0.254 e. The number of aromatic nitrogens is 2. The number of aromatic amines is 1. The third-order valence-electron chi connectivity index (χ3n) is 6.41. The molecule has 4 rings (SSSR count). The highest BCUT2D eigenvalue weighted by molar-refractivity contribution is 5.80. The Bertz CT molecular complexity index is 738. The quantitative estimate of drug-likeness (QED) is 0.901. The van der Waals surface area contributed by atoms with Crippen LogP contribution in [-0.2, 0) is 17.8 Å². The number of nitrogens with zero attached hydrogens (tertiary/aromatic N) is 3. The predicted octanol–water partition coefficient (Wildman–Crippen LogP) is 2.39. The Hall–Kier alpha value is -1.69. The SMILES string of the molecule is CC(C)N1CCc2c(nc(C3CCCCN3C(=O)C3CCC3)[nH]c2=O)C1. The molecule has 3 aliphatic rings. The average Bonchev–Trinajstić information content (AvgIpc) is 2.59. The van der Waals surface area contributed by atoms with Crippen LogP contribution >= 0.6 is 0 Å². The van der Waals surface area contributed by atoms with Gasteiger partial charge in [0.05, 0.1) is 11.7 Å². The van der Waals surface area contributed by atoms with E-state index < -0.39 is 0 Å². The molecule has 2 fully saturated rings. The number of carbonyl (C=O) groups is 1. The number of carbonyl (C=O) groups excluding carboxylic acids is 1. The fourth-order valence-corrected chi connectivity index (χ4v) is 4.45. The summed E-state index contributed by atoms with van der Waals surface area (Å²) in [6.45, 7) is 6.79. The van der Waals surface area contributed by atoms with Gasteiger partial charge in [-0.2, -0.15) is 0 Å². The van der Waals surface area contributed by atoms with Crippen LogP contribution in [0.1, 0.15) is 75.5 Å². The maximum atomic E-state index is 12.9. The number of likely N-dealkylation sites (tertiary alicyclic amines) is 1. The van der Waals surface area contributed by atoms with E-state index in [9.17, 15) is 9.59 Å². The molecule has 2 aliphatic heterocycles. The van der Waals surface area contributed by atoms with Crippen LogP contribution < -0.4 is 5.56 Å². The van der Waals surface area contributed by atoms with Crippen molar-refractivity contribution in [2.45, 2.75) is 77.4 Å². The zero-order valence-electron chi connectivity index (χ0n) is 16.0. The Morgan fingerprint density at radius 1 is 1.15 bits per heavy atom. The van der Waals surface area contributed by atoms with E-state index in [-0.39, 0.29) is 23.4 Å². The molecule has 6 heteroatoms. The summed E-state index contributed by atoms with van der Waals surface area (Å²) in [6.07, 6.45) is 6.97. The van der Waals surface area contributed by atoms with Gasteiger partial charge in [0, 0.05) is 37.2 Å². The standard InChI is InChI=1S/C20H30N4O2/c1-13(2)23-11-9-15-16(12-23)21-18(22-19(15)25)17-8-3-4-10-24(17)20(26)14-6-5-7-14/h13-14,17H,3-12H2,1-2H3,(H,21,22,25). The molecule has 1 saturated heterocycles. The van der Waals surface area contributed by atoms with Crippen molar-refractivity contribution in [1.82, 2.24) is 19.8 Å². The summed E-state index contributed by atoms with van der Waals surface area (Å²) in [5.74, 6) is 1.16. The molecule has 6 nitrogen and oxygen atoms in total. The number of fused-ring (bicyclic) bond motifs is 1. The van der Waals surface area contributed by atoms with Gasteiger partial charge in [0.15, 0.2) is 0 Å². The van der Waals surface area contributed by atoms with Crippen LogP contribution in [0.2, 0.25) is 0 Å². The van der Waals surface area contributed by atoms with E-state index in [1.165, 1.54) is 0 Å². The van der Waals surface area contributed by atoms with Gasteiger partial charge < -0.3 is 9.88 Å². The summed E-state index contributed by atoms with van der Waals surface area (Å²) in [7, 11) is 0. The Kier molecular flexibility index (Phi) is 4.86. The summed E-state index contributed by atoms with van der Waals surface area (Å²) in [4.78, 5) is 37.8. The molecule has 142 valence electrons. The molecule has 0 aromatic carbocycles. The maximum absolute atomic E-state index is 12.9. The van der Waals surface area contributed by atoms with Crippen LogP contribution in [0.4, 0.5) is 0 Å². The highest BCUT2D eigenvalue weighted by atomic mass is 16.2. The van der Waals surface area contributed by atoms with Gasteiger partial charge in [-0.15, -0.1) is 0 Å². The van der Waals surface area contributed by atoms with Crippen molar-refractivity contribution in [2.24, 2.45) is 5.92 Å². The molecule has 1 saturated carbocycles. The summed E-state index contributed by atoms with van der Waals surface area (Å²) in [5.41, 5.74) is 1.73. The van der Waals surface area contributed by atoms with Crippen molar-refractivity contribution in [3.05, 3.63) is 27.4 Å². The molecule has 1 N–H and O–H groups in total. The second-order valence-corrected chi connectivity index (χ2v) is 8.36. The van der Waals surface area contributed by atoms with Crippen LogP contribution in [0.5, 0.6) is 0 Å². The first-order valence-corrected chi connectivity index (χ1v) is 10.2. The molecular weight excluding hydrogens is 328 g/mol. The predicted molar refractivity (Wildman–Crippen MR) is 99.8 cm³/mol. The lowest BCUT2D eigenvalue weighted by atomic mass is 9.83. The van der Waals surface area contributed by atoms with Gasteiger partial charge in [-0.1, -0.05) is 6.42 Å². The Morgan fingerprint density at radius 3 is 2.65 bits per heavy atom. The van der Waals surface area contributed by atoms with Crippen molar-refractivity contribution >= 4 is 5.91 Å². The Balaban J connectivity index is 1.63. The lowest BCUT2D eigenvalue weighted by Gasteiger charge is -2.39. The highest BCUT2D eigenvalue weighted by Gasteiger charge is 2.36. The molecule has 1 aromatic rings. The maximum Gasteiger partial charge on any atom is 0.254 e. The summed E-state index contributed by atoms with van der Waals surface area (Å²) in [5, 5.41) is 0. The van der Waals surface area contributed by atoms with Crippen LogP contribution in [0.25, 0.3) is 0 Å². The number of amides is 1. The minimum atomic E-state index is -0.0655. The molecule has 1 amide bonds. The minimum Gasteiger partial charge on any atom is -0.332 e. The molecule has 1 atom stereocenters. The molecule has 0 bridgehead atoms. The van der Waals surface area contributed by atoms with E-state index in [2.05, 4.69) is 23.7 Å². The van der Waals surface area contributed by atoms with Crippen LogP contribution in [0, 0.1) is 5.92 Å². The number of hydrogen-bond acceptors (Lipinski definition) is 4. The van der Waals surface area contributed by atoms with Gasteiger partial charge >= 0.3 is 0 Å². The second-order valence-electron chi connectivity index (χ2n) is 8.36. The molecule has 3 heterocycles. The third-order valence-corrected chi connectivity index (χ3v) is 6.41. The van der Waals surface area contributed by atoms with Crippen molar-refractivity contribution in [2.75, 3.05) is 13.1 Å². The first-order chi connectivity index (χ1) is 12.5. The van der Waals surface area contributed by atoms with Crippen LogP contribution in [0.15, 0.2) is 4.79 Å². The Labute approximate surface area is 155 Å². The second kappa shape index (κ2) is 7.14. The van der Waals surface area contributed by atoms with Gasteiger partial charge in [-0.3, -0.25) is 14.5 Å². The normalized spacial score (nSPS) is 24.4. The lowest BCUT2D eigenvalue weighted by molar-refractivity contribution is -0.142. The highest BCUT2D eigenvalue weighted by Crippen LogP contribution is 2.35. The molecule has 1 unspecified atom stereocenters. The van der Waals surface area contributed by atoms with E-state index in [0.29, 0.717) is 11.9 Å². The molecule has 26 heavy (non-hydrogen) atoms. The number of piperidine rings is 1. The number of H-pyrrole nitrogens is 1. The van der Waals surface area contributed by atoms with Gasteiger partial charge in [0.2, 0.25) is 5.91 Å².